The number of benzene rings is 2. The van der Waals surface area contributed by atoms with E-state index in [1.807, 2.05) is 0 Å². The molecule has 7 nitrogen and oxygen atoms in total. The third-order valence-corrected chi connectivity index (χ3v) is 4.64. The van der Waals surface area contributed by atoms with Gasteiger partial charge in [0.15, 0.2) is 11.5 Å². The summed E-state index contributed by atoms with van der Waals surface area (Å²) >= 11 is 12.3. The second kappa shape index (κ2) is 8.55. The van der Waals surface area contributed by atoms with E-state index in [0.717, 1.165) is 4.90 Å². The Morgan fingerprint density at radius 1 is 1.10 bits per heavy atom. The number of hydrogen-bond donors (Lipinski definition) is 1. The van der Waals surface area contributed by atoms with Crippen molar-refractivity contribution in [3.8, 4) is 11.5 Å². The quantitative estimate of drug-likeness (QED) is 0.566. The standard InChI is InChI=1S/C20H16Cl2N2O5/c1-3-29-16-10-11(9-14(22)17(16)28-2)8-12-18(25)23-20(27)24(19(12)26)15-7-5-4-6-13(15)21/h4-10H,3H2,1-2H3,(H,23,25,27)/b12-8+. The Morgan fingerprint density at radius 2 is 1.83 bits per heavy atom. The summed E-state index contributed by atoms with van der Waals surface area (Å²) in [6.07, 6.45) is 1.32. The highest BCUT2D eigenvalue weighted by molar-refractivity contribution is 6.42. The summed E-state index contributed by atoms with van der Waals surface area (Å²) in [6.45, 7) is 2.16. The van der Waals surface area contributed by atoms with Gasteiger partial charge in [-0.2, -0.15) is 0 Å². The van der Waals surface area contributed by atoms with Gasteiger partial charge in [0.25, 0.3) is 11.8 Å². The maximum absolute atomic E-state index is 13.0. The summed E-state index contributed by atoms with van der Waals surface area (Å²) < 4.78 is 10.7. The molecule has 2 aromatic carbocycles. The van der Waals surface area contributed by atoms with E-state index in [4.69, 9.17) is 32.7 Å². The van der Waals surface area contributed by atoms with Crippen molar-refractivity contribution in [2.45, 2.75) is 6.92 Å². The Hall–Kier alpha value is -3.03. The maximum atomic E-state index is 13.0. The number of hydrogen-bond acceptors (Lipinski definition) is 5. The van der Waals surface area contributed by atoms with Crippen LogP contribution >= 0.6 is 23.2 Å². The van der Waals surface area contributed by atoms with Crippen LogP contribution in [-0.4, -0.2) is 31.6 Å². The summed E-state index contributed by atoms with van der Waals surface area (Å²) in [5.41, 5.74) is 0.331. The number of ether oxygens (including phenoxy) is 2. The van der Waals surface area contributed by atoms with Crippen LogP contribution in [0.5, 0.6) is 11.5 Å². The van der Waals surface area contributed by atoms with E-state index in [1.54, 1.807) is 25.1 Å². The molecule has 1 aliphatic rings. The van der Waals surface area contributed by atoms with Gasteiger partial charge in [0.2, 0.25) is 0 Å². The number of para-hydroxylation sites is 1. The lowest BCUT2D eigenvalue weighted by molar-refractivity contribution is -0.122. The van der Waals surface area contributed by atoms with Gasteiger partial charge in [-0.05, 0) is 42.8 Å². The average Bonchev–Trinajstić information content (AvgIpc) is 2.67. The van der Waals surface area contributed by atoms with Crippen LogP contribution in [-0.2, 0) is 9.59 Å². The molecule has 1 heterocycles. The summed E-state index contributed by atoms with van der Waals surface area (Å²) in [5, 5.41) is 2.58. The minimum atomic E-state index is -0.881. The van der Waals surface area contributed by atoms with E-state index >= 15 is 0 Å². The molecule has 0 aromatic heterocycles. The van der Waals surface area contributed by atoms with E-state index in [2.05, 4.69) is 5.32 Å². The third kappa shape index (κ3) is 4.06. The zero-order valence-corrected chi connectivity index (χ0v) is 17.0. The number of nitrogens with zero attached hydrogens (tertiary/aromatic N) is 1. The molecular formula is C20H16Cl2N2O5. The number of barbiturate groups is 1. The SMILES string of the molecule is CCOc1cc(/C=C2\C(=O)NC(=O)N(c3ccccc3Cl)C2=O)cc(Cl)c1OC. The zero-order valence-electron chi connectivity index (χ0n) is 15.5. The van der Waals surface area contributed by atoms with Crippen LogP contribution in [0.2, 0.25) is 10.0 Å². The molecule has 0 aliphatic carbocycles. The number of carbonyl (C=O) groups is 3. The monoisotopic (exact) mass is 434 g/mol. The Bertz CT molecular complexity index is 1040. The highest BCUT2D eigenvalue weighted by Gasteiger charge is 2.37. The molecule has 0 bridgehead atoms. The van der Waals surface area contributed by atoms with Gasteiger partial charge in [0, 0.05) is 0 Å². The largest absolute Gasteiger partial charge is 0.491 e. The number of halogens is 2. The number of carbonyl (C=O) groups excluding carboxylic acids is 3. The molecule has 150 valence electrons. The van der Waals surface area contributed by atoms with Gasteiger partial charge in [-0.1, -0.05) is 35.3 Å². The lowest BCUT2D eigenvalue weighted by Crippen LogP contribution is -2.54. The van der Waals surface area contributed by atoms with Crippen LogP contribution in [0, 0.1) is 0 Å². The molecule has 1 aliphatic heterocycles. The number of urea groups is 1. The van der Waals surface area contributed by atoms with Crippen molar-refractivity contribution in [2.75, 3.05) is 18.6 Å². The van der Waals surface area contributed by atoms with Crippen molar-refractivity contribution < 1.29 is 23.9 Å². The molecule has 0 spiro atoms. The Labute approximate surface area is 176 Å². The predicted molar refractivity (Wildman–Crippen MR) is 110 cm³/mol. The molecule has 1 saturated heterocycles. The Kier molecular flexibility index (Phi) is 6.10. The van der Waals surface area contributed by atoms with Crippen LogP contribution in [0.4, 0.5) is 10.5 Å². The molecule has 3 rings (SSSR count). The summed E-state index contributed by atoms with van der Waals surface area (Å²) in [6, 6.07) is 8.55. The number of anilines is 1. The van der Waals surface area contributed by atoms with Crippen LogP contribution in [0.15, 0.2) is 42.0 Å². The van der Waals surface area contributed by atoms with Gasteiger partial charge in [-0.3, -0.25) is 14.9 Å². The first-order valence-corrected chi connectivity index (χ1v) is 9.29. The van der Waals surface area contributed by atoms with Crippen LogP contribution in [0.1, 0.15) is 12.5 Å². The smallest absolute Gasteiger partial charge is 0.335 e. The van der Waals surface area contributed by atoms with E-state index < -0.39 is 17.8 Å². The molecule has 1 fully saturated rings. The molecule has 1 N–H and O–H groups in total. The van der Waals surface area contributed by atoms with Gasteiger partial charge >= 0.3 is 6.03 Å². The van der Waals surface area contributed by atoms with Crippen molar-refractivity contribution in [1.82, 2.24) is 5.32 Å². The highest BCUT2D eigenvalue weighted by Crippen LogP contribution is 2.37. The van der Waals surface area contributed by atoms with Crippen molar-refractivity contribution in [3.05, 3.63) is 57.6 Å². The first kappa shape index (κ1) is 20.7. The van der Waals surface area contributed by atoms with E-state index in [1.165, 1.54) is 31.4 Å². The molecule has 2 aromatic rings. The second-order valence-corrected chi connectivity index (χ2v) is 6.69. The zero-order chi connectivity index (χ0) is 21.1. The third-order valence-electron chi connectivity index (χ3n) is 4.04. The number of nitrogens with one attached hydrogen (secondary N) is 1. The van der Waals surface area contributed by atoms with Gasteiger partial charge < -0.3 is 9.47 Å². The van der Waals surface area contributed by atoms with Crippen LogP contribution in [0.25, 0.3) is 6.08 Å². The first-order chi connectivity index (χ1) is 13.9. The maximum Gasteiger partial charge on any atom is 0.335 e. The van der Waals surface area contributed by atoms with Gasteiger partial charge in [-0.25, -0.2) is 9.69 Å². The van der Waals surface area contributed by atoms with Gasteiger partial charge in [0.05, 0.1) is 29.4 Å². The number of rotatable bonds is 5. The highest BCUT2D eigenvalue weighted by atomic mass is 35.5. The lowest BCUT2D eigenvalue weighted by atomic mass is 10.1. The minimum absolute atomic E-state index is 0.165. The summed E-state index contributed by atoms with van der Waals surface area (Å²) in [4.78, 5) is 38.4. The van der Waals surface area contributed by atoms with E-state index in [0.29, 0.717) is 23.7 Å². The fourth-order valence-corrected chi connectivity index (χ4v) is 3.32. The second-order valence-electron chi connectivity index (χ2n) is 5.88. The van der Waals surface area contributed by atoms with Crippen molar-refractivity contribution in [2.24, 2.45) is 0 Å². The average molecular weight is 435 g/mol. The molecule has 9 heteroatoms. The first-order valence-electron chi connectivity index (χ1n) is 8.53. The normalized spacial score (nSPS) is 15.5. The molecule has 0 saturated carbocycles. The molecule has 0 atom stereocenters. The minimum Gasteiger partial charge on any atom is -0.491 e. The predicted octanol–water partition coefficient (Wildman–Crippen LogP) is 4.07. The molecule has 29 heavy (non-hydrogen) atoms. The van der Waals surface area contributed by atoms with Crippen molar-refractivity contribution in [1.29, 1.82) is 0 Å². The molecular weight excluding hydrogens is 419 g/mol. The van der Waals surface area contributed by atoms with Gasteiger partial charge in [0.1, 0.15) is 5.57 Å². The van der Waals surface area contributed by atoms with Gasteiger partial charge in [-0.15, -0.1) is 0 Å². The molecule has 0 unspecified atom stereocenters. The van der Waals surface area contributed by atoms with Crippen molar-refractivity contribution in [3.63, 3.8) is 0 Å². The lowest BCUT2D eigenvalue weighted by Gasteiger charge is -2.27. The topological polar surface area (TPSA) is 84.9 Å². The fourth-order valence-electron chi connectivity index (χ4n) is 2.81. The summed E-state index contributed by atoms with van der Waals surface area (Å²) in [7, 11) is 1.45. The number of amides is 4. The van der Waals surface area contributed by atoms with E-state index in [9.17, 15) is 14.4 Å². The molecule has 4 amide bonds. The van der Waals surface area contributed by atoms with Crippen molar-refractivity contribution >= 4 is 52.8 Å². The van der Waals surface area contributed by atoms with E-state index in [-0.39, 0.29) is 21.3 Å². The summed E-state index contributed by atoms with van der Waals surface area (Å²) in [5.74, 6) is -0.940. The van der Waals surface area contributed by atoms with Crippen LogP contribution < -0.4 is 19.7 Å². The fraction of sp³-hybridized carbons (Fsp3) is 0.150. The Balaban J connectivity index is 2.06. The van der Waals surface area contributed by atoms with Crippen LogP contribution in [0.3, 0.4) is 0 Å². The number of methoxy groups -OCH3 is 1. The molecule has 0 radical (unpaired) electrons. The number of imide groups is 2. The Morgan fingerprint density at radius 3 is 2.48 bits per heavy atom.